The molecular formula is C12H15Cl2CuN2-. The topological polar surface area (TPSA) is 26.5 Å². The Labute approximate surface area is 117 Å². The molecule has 1 saturated heterocycles. The third kappa shape index (κ3) is 5.89. The van der Waals surface area contributed by atoms with Gasteiger partial charge >= 0.3 is 33.3 Å². The zero-order chi connectivity index (χ0) is 12.5. The van der Waals surface area contributed by atoms with E-state index in [4.69, 9.17) is 0 Å². The van der Waals surface area contributed by atoms with E-state index in [1.807, 2.05) is 24.4 Å². The van der Waals surface area contributed by atoms with Gasteiger partial charge in [-0.2, -0.15) is 0 Å². The Balaban J connectivity index is 0.000000437. The molecule has 1 fully saturated rings. The molecule has 0 aromatic heterocycles. The molecule has 1 heterocycles. The van der Waals surface area contributed by atoms with Crippen LogP contribution in [0.1, 0.15) is 18.4 Å². The summed E-state index contributed by atoms with van der Waals surface area (Å²) in [6.07, 6.45) is 4.36. The van der Waals surface area contributed by atoms with Crippen molar-refractivity contribution >= 4 is 32.1 Å². The van der Waals surface area contributed by atoms with Gasteiger partial charge in [-0.1, -0.05) is 37.1 Å². The first-order valence-electron chi connectivity index (χ1n) is 5.35. The van der Waals surface area contributed by atoms with Gasteiger partial charge in [0.25, 0.3) is 0 Å². The number of rotatable bonds is 2. The number of para-hydroxylation sites is 1. The van der Waals surface area contributed by atoms with E-state index in [9.17, 15) is 0 Å². The molecule has 99 valence electrons. The van der Waals surface area contributed by atoms with Gasteiger partial charge in [0.15, 0.2) is 0 Å². The van der Waals surface area contributed by atoms with Crippen molar-refractivity contribution in [2.75, 3.05) is 6.54 Å². The van der Waals surface area contributed by atoms with E-state index >= 15 is 0 Å². The number of aliphatic imine (C=N–C) groups is 1. The van der Waals surface area contributed by atoms with Crippen molar-refractivity contribution in [3.8, 4) is 0 Å². The zero-order valence-corrected chi connectivity index (χ0v) is 12.0. The molecule has 0 N–H and O–H groups in total. The molecule has 0 saturated carbocycles. The van der Waals surface area contributed by atoms with Crippen LogP contribution in [-0.2, 0) is 13.1 Å². The van der Waals surface area contributed by atoms with E-state index in [2.05, 4.69) is 43.5 Å². The van der Waals surface area contributed by atoms with Gasteiger partial charge in [-0.05, 0) is 24.8 Å². The van der Waals surface area contributed by atoms with Gasteiger partial charge in [-0.3, -0.25) is 4.99 Å². The maximum atomic E-state index is 4.67. The van der Waals surface area contributed by atoms with Crippen molar-refractivity contribution in [1.82, 2.24) is 0 Å². The second-order valence-corrected chi connectivity index (χ2v) is 5.28. The first-order chi connectivity index (χ1) is 8.27. The van der Waals surface area contributed by atoms with Crippen LogP contribution in [0.4, 0.5) is 5.69 Å². The standard InChI is InChI=1S/C12H15N2.2ClH.Cu/c1-10-5-2-3-7-12(10)14-9-11-6-4-8-13-11;;;/h2-3,5,7,9,11H,4,6,8H2,1H3;2*1H;/q-1;;;+2/p-2. The van der Waals surface area contributed by atoms with Gasteiger partial charge in [0.2, 0.25) is 0 Å². The molecule has 1 unspecified atom stereocenters. The molecule has 0 bridgehead atoms. The Bertz CT molecular complexity index is 352. The Morgan fingerprint density at radius 1 is 1.41 bits per heavy atom. The molecule has 0 aliphatic carbocycles. The van der Waals surface area contributed by atoms with E-state index in [-0.39, 0.29) is 0 Å². The predicted molar refractivity (Wildman–Crippen MR) is 72.3 cm³/mol. The van der Waals surface area contributed by atoms with Crippen molar-refractivity contribution < 1.29 is 13.1 Å². The summed E-state index contributed by atoms with van der Waals surface area (Å²) in [5, 5.41) is 4.43. The van der Waals surface area contributed by atoms with Gasteiger partial charge in [0.1, 0.15) is 0 Å². The van der Waals surface area contributed by atoms with Crippen LogP contribution in [0.25, 0.3) is 5.32 Å². The summed E-state index contributed by atoms with van der Waals surface area (Å²) in [4.78, 5) is 4.47. The summed E-state index contributed by atoms with van der Waals surface area (Å²) in [5.74, 6) is 0. The summed E-state index contributed by atoms with van der Waals surface area (Å²) in [5.41, 5.74) is 2.29. The van der Waals surface area contributed by atoms with Gasteiger partial charge in [-0.25, -0.2) is 0 Å². The normalized spacial score (nSPS) is 19.4. The van der Waals surface area contributed by atoms with E-state index in [1.54, 1.807) is 0 Å². The van der Waals surface area contributed by atoms with Crippen LogP contribution in [0, 0.1) is 6.92 Å². The second kappa shape index (κ2) is 8.96. The fourth-order valence-electron chi connectivity index (χ4n) is 1.65. The van der Waals surface area contributed by atoms with Crippen molar-refractivity contribution in [1.29, 1.82) is 0 Å². The monoisotopic (exact) mass is 320 g/mol. The fraction of sp³-hybridized carbons (Fsp3) is 0.417. The number of hydrogen-bond acceptors (Lipinski definition) is 1. The quantitative estimate of drug-likeness (QED) is 0.562. The summed E-state index contributed by atoms with van der Waals surface area (Å²) in [6, 6.07) is 8.54. The Morgan fingerprint density at radius 2 is 2.12 bits per heavy atom. The van der Waals surface area contributed by atoms with Crippen LogP contribution >= 0.6 is 20.2 Å². The van der Waals surface area contributed by atoms with Gasteiger partial charge < -0.3 is 5.32 Å². The average molecular weight is 322 g/mol. The van der Waals surface area contributed by atoms with E-state index in [0.29, 0.717) is 6.04 Å². The molecule has 1 aliphatic rings. The molecule has 5 heteroatoms. The average Bonchev–Trinajstić information content (AvgIpc) is 2.82. The second-order valence-electron chi connectivity index (χ2n) is 3.72. The molecule has 0 spiro atoms. The van der Waals surface area contributed by atoms with Gasteiger partial charge in [0, 0.05) is 0 Å². The van der Waals surface area contributed by atoms with Crippen LogP contribution in [0.2, 0.25) is 0 Å². The molecule has 1 aromatic rings. The van der Waals surface area contributed by atoms with Crippen LogP contribution in [0.3, 0.4) is 0 Å². The molecule has 1 aliphatic heterocycles. The van der Waals surface area contributed by atoms with E-state index in [1.165, 1.54) is 12.0 Å². The van der Waals surface area contributed by atoms with Crippen LogP contribution in [0.5, 0.6) is 0 Å². The maximum absolute atomic E-state index is 4.67. The summed E-state index contributed by atoms with van der Waals surface area (Å²) < 4.78 is 0. The van der Waals surface area contributed by atoms with E-state index < -0.39 is 0 Å². The fourth-order valence-corrected chi connectivity index (χ4v) is 1.65. The Hall–Kier alpha value is -0.0505. The molecule has 1 atom stereocenters. The van der Waals surface area contributed by atoms with Gasteiger partial charge in [-0.15, -0.1) is 6.54 Å². The first-order valence-corrected chi connectivity index (χ1v) is 7.94. The van der Waals surface area contributed by atoms with Crippen LogP contribution < -0.4 is 0 Å². The molecule has 2 nitrogen and oxygen atoms in total. The summed E-state index contributed by atoms with van der Waals surface area (Å²) >= 11 is 0.757. The Morgan fingerprint density at radius 3 is 2.71 bits per heavy atom. The third-order valence-corrected chi connectivity index (χ3v) is 2.52. The molecular weight excluding hydrogens is 307 g/mol. The first kappa shape index (κ1) is 15.0. The third-order valence-electron chi connectivity index (χ3n) is 2.52. The number of hydrogen-bond donors (Lipinski definition) is 0. The predicted octanol–water partition coefficient (Wildman–Crippen LogP) is 4.61. The Kier molecular flexibility index (Phi) is 7.91. The number of halogens is 2. The number of benzene rings is 1. The molecule has 0 amide bonds. The summed E-state index contributed by atoms with van der Waals surface area (Å²) in [7, 11) is 9.34. The molecule has 2 rings (SSSR count). The zero-order valence-electron chi connectivity index (χ0n) is 9.54. The molecule has 1 aromatic carbocycles. The summed E-state index contributed by atoms with van der Waals surface area (Å²) in [6.45, 7) is 3.09. The van der Waals surface area contributed by atoms with Gasteiger partial charge in [0.05, 0.1) is 5.69 Å². The number of nitrogens with zero attached hydrogens (tertiary/aromatic N) is 2. The van der Waals surface area contributed by atoms with E-state index in [0.717, 1.165) is 31.8 Å². The SMILES string of the molecule is Cc1ccccc1N=CC1CCC[N-]1.[Cl][Cu][Cl]. The van der Waals surface area contributed by atoms with Crippen LogP contribution in [0.15, 0.2) is 29.3 Å². The van der Waals surface area contributed by atoms with Crippen molar-refractivity contribution in [2.45, 2.75) is 25.8 Å². The number of aryl methyl sites for hydroxylation is 1. The molecule has 0 radical (unpaired) electrons. The van der Waals surface area contributed by atoms with Crippen molar-refractivity contribution in [3.63, 3.8) is 0 Å². The van der Waals surface area contributed by atoms with Crippen molar-refractivity contribution in [2.24, 2.45) is 4.99 Å². The van der Waals surface area contributed by atoms with Crippen molar-refractivity contribution in [3.05, 3.63) is 35.1 Å². The minimum atomic E-state index is 0.356. The van der Waals surface area contributed by atoms with Crippen LogP contribution in [-0.4, -0.2) is 18.8 Å². The molecule has 17 heavy (non-hydrogen) atoms. The minimum absolute atomic E-state index is 0.356.